The second-order valence-electron chi connectivity index (χ2n) is 5.50. The minimum atomic E-state index is -0.419. The summed E-state index contributed by atoms with van der Waals surface area (Å²) in [5, 5.41) is 9.00. The minimum Gasteiger partial charge on any atom is -0.441 e. The van der Waals surface area contributed by atoms with Gasteiger partial charge in [0.05, 0.1) is 23.7 Å². The molecule has 0 bridgehead atoms. The Balaban J connectivity index is 1.64. The molecule has 4 rings (SSSR count). The van der Waals surface area contributed by atoms with Crippen molar-refractivity contribution in [3.63, 3.8) is 0 Å². The molecule has 3 aromatic rings. The Labute approximate surface area is 137 Å². The van der Waals surface area contributed by atoms with Gasteiger partial charge in [0.15, 0.2) is 0 Å². The quantitative estimate of drug-likeness (QED) is 0.722. The van der Waals surface area contributed by atoms with Gasteiger partial charge in [-0.3, -0.25) is 0 Å². The molecule has 3 heterocycles. The molecule has 0 radical (unpaired) electrons. The van der Waals surface area contributed by atoms with Gasteiger partial charge in [0, 0.05) is 31.0 Å². The van der Waals surface area contributed by atoms with Crippen molar-refractivity contribution in [2.45, 2.75) is 13.0 Å². The van der Waals surface area contributed by atoms with Gasteiger partial charge in [-0.05, 0) is 18.2 Å². The molecule has 0 atom stereocenters. The number of nitriles is 1. The van der Waals surface area contributed by atoms with Gasteiger partial charge in [0.1, 0.15) is 23.6 Å². The number of nitrogens with zero attached hydrogens (tertiary/aromatic N) is 5. The van der Waals surface area contributed by atoms with Crippen molar-refractivity contribution in [2.24, 2.45) is 0 Å². The van der Waals surface area contributed by atoms with Crippen LogP contribution >= 0.6 is 0 Å². The molecule has 1 aliphatic rings. The number of fused-ring (bicyclic) bond motifs is 1. The topological polar surface area (TPSA) is 78.8 Å². The fraction of sp³-hybridized carbons (Fsp3) is 0.176. The zero-order valence-corrected chi connectivity index (χ0v) is 12.6. The third-order valence-corrected chi connectivity index (χ3v) is 3.91. The summed E-state index contributed by atoms with van der Waals surface area (Å²) in [6.07, 6.45) is 5.40. The van der Waals surface area contributed by atoms with Crippen molar-refractivity contribution < 1.29 is 8.81 Å². The number of hydrogen-bond donors (Lipinski definition) is 0. The predicted octanol–water partition coefficient (Wildman–Crippen LogP) is 2.71. The van der Waals surface area contributed by atoms with Crippen LogP contribution in [-0.2, 0) is 13.0 Å². The van der Waals surface area contributed by atoms with E-state index in [1.54, 1.807) is 18.5 Å². The highest BCUT2D eigenvalue weighted by atomic mass is 19.1. The van der Waals surface area contributed by atoms with Crippen LogP contribution < -0.4 is 4.90 Å². The van der Waals surface area contributed by atoms with Crippen molar-refractivity contribution in [1.29, 1.82) is 5.26 Å². The third-order valence-electron chi connectivity index (χ3n) is 3.91. The number of halogens is 1. The molecule has 6 nitrogen and oxygen atoms in total. The van der Waals surface area contributed by atoms with Gasteiger partial charge in [0.2, 0.25) is 5.89 Å². The van der Waals surface area contributed by atoms with Crippen molar-refractivity contribution in [2.75, 3.05) is 11.4 Å². The molecule has 24 heavy (non-hydrogen) atoms. The number of hydrogen-bond acceptors (Lipinski definition) is 6. The zero-order chi connectivity index (χ0) is 16.5. The summed E-state index contributed by atoms with van der Waals surface area (Å²) in [4.78, 5) is 14.4. The SMILES string of the molecule is N#Cc1cc(F)cc(N2CCc3oc(-c4cncnc4)nc3C2)c1. The largest absolute Gasteiger partial charge is 0.441 e. The standard InChI is InChI=1S/C17H12FN5O/c18-13-3-11(6-19)4-14(5-13)23-2-1-16-15(9-23)22-17(24-16)12-7-20-10-21-8-12/h3-5,7-8,10H,1-2,9H2. The molecule has 0 saturated heterocycles. The van der Waals surface area contributed by atoms with E-state index in [1.165, 1.54) is 18.5 Å². The number of anilines is 1. The van der Waals surface area contributed by atoms with Crippen LogP contribution in [0.2, 0.25) is 0 Å². The normalized spacial score (nSPS) is 13.4. The molecule has 1 aromatic carbocycles. The van der Waals surface area contributed by atoms with Crippen LogP contribution in [0.5, 0.6) is 0 Å². The molecular weight excluding hydrogens is 309 g/mol. The van der Waals surface area contributed by atoms with E-state index < -0.39 is 5.82 Å². The maximum absolute atomic E-state index is 13.7. The van der Waals surface area contributed by atoms with Gasteiger partial charge >= 0.3 is 0 Å². The summed E-state index contributed by atoms with van der Waals surface area (Å²) in [6.45, 7) is 1.17. The molecule has 0 N–H and O–H groups in total. The molecule has 0 fully saturated rings. The lowest BCUT2D eigenvalue weighted by molar-refractivity contribution is 0.499. The van der Waals surface area contributed by atoms with Crippen LogP contribution in [0.25, 0.3) is 11.5 Å². The second kappa shape index (κ2) is 5.74. The maximum Gasteiger partial charge on any atom is 0.229 e. The maximum atomic E-state index is 13.7. The van der Waals surface area contributed by atoms with Crippen molar-refractivity contribution in [3.05, 3.63) is 59.8 Å². The van der Waals surface area contributed by atoms with Gasteiger partial charge in [-0.1, -0.05) is 0 Å². The van der Waals surface area contributed by atoms with E-state index in [-0.39, 0.29) is 0 Å². The average molecular weight is 321 g/mol. The van der Waals surface area contributed by atoms with Crippen LogP contribution in [0.1, 0.15) is 17.0 Å². The van der Waals surface area contributed by atoms with Crippen LogP contribution in [0, 0.1) is 17.1 Å². The summed E-state index contributed by atoms with van der Waals surface area (Å²) in [5.74, 6) is 0.888. The summed E-state index contributed by atoms with van der Waals surface area (Å²) in [5.41, 5.74) is 2.50. The highest BCUT2D eigenvalue weighted by Gasteiger charge is 2.23. The van der Waals surface area contributed by atoms with Gasteiger partial charge in [-0.25, -0.2) is 19.3 Å². The summed E-state index contributed by atoms with van der Waals surface area (Å²) < 4.78 is 19.5. The Bertz CT molecular complexity index is 932. The second-order valence-corrected chi connectivity index (χ2v) is 5.50. The lowest BCUT2D eigenvalue weighted by Crippen LogP contribution is -2.30. The third kappa shape index (κ3) is 2.58. The van der Waals surface area contributed by atoms with Gasteiger partial charge in [0.25, 0.3) is 0 Å². The van der Waals surface area contributed by atoms with E-state index in [0.29, 0.717) is 36.7 Å². The monoisotopic (exact) mass is 321 g/mol. The Hall–Kier alpha value is -3.27. The van der Waals surface area contributed by atoms with Crippen LogP contribution in [0.15, 0.2) is 41.3 Å². The van der Waals surface area contributed by atoms with Crippen LogP contribution in [0.3, 0.4) is 0 Å². The lowest BCUT2D eigenvalue weighted by atomic mass is 10.1. The summed E-state index contributed by atoms with van der Waals surface area (Å²) in [6, 6.07) is 6.31. The molecule has 0 saturated carbocycles. The van der Waals surface area contributed by atoms with E-state index in [0.717, 1.165) is 17.0 Å². The van der Waals surface area contributed by atoms with E-state index in [4.69, 9.17) is 9.68 Å². The Morgan fingerprint density at radius 2 is 2.04 bits per heavy atom. The molecule has 118 valence electrons. The molecule has 7 heteroatoms. The molecule has 2 aromatic heterocycles. The van der Waals surface area contributed by atoms with Gasteiger partial charge in [-0.2, -0.15) is 5.26 Å². The molecule has 0 spiro atoms. The Morgan fingerprint density at radius 1 is 1.21 bits per heavy atom. The van der Waals surface area contributed by atoms with Crippen molar-refractivity contribution >= 4 is 5.69 Å². The van der Waals surface area contributed by atoms with Gasteiger partial charge < -0.3 is 9.32 Å². The molecule has 0 unspecified atom stereocenters. The average Bonchev–Trinajstić information content (AvgIpc) is 3.05. The molecule has 0 amide bonds. The molecule has 0 aliphatic carbocycles. The first-order chi connectivity index (χ1) is 11.7. The summed E-state index contributed by atoms with van der Waals surface area (Å²) >= 11 is 0. The fourth-order valence-corrected chi connectivity index (χ4v) is 2.77. The first-order valence-corrected chi connectivity index (χ1v) is 7.42. The van der Waals surface area contributed by atoms with E-state index >= 15 is 0 Å². The number of oxazole rings is 1. The van der Waals surface area contributed by atoms with Crippen molar-refractivity contribution in [1.82, 2.24) is 15.0 Å². The highest BCUT2D eigenvalue weighted by Crippen LogP contribution is 2.29. The van der Waals surface area contributed by atoms with Crippen molar-refractivity contribution in [3.8, 4) is 17.5 Å². The van der Waals surface area contributed by atoms with E-state index in [1.807, 2.05) is 11.0 Å². The zero-order valence-electron chi connectivity index (χ0n) is 12.6. The van der Waals surface area contributed by atoms with E-state index in [9.17, 15) is 4.39 Å². The van der Waals surface area contributed by atoms with Crippen LogP contribution in [-0.4, -0.2) is 21.5 Å². The smallest absolute Gasteiger partial charge is 0.229 e. The number of aromatic nitrogens is 3. The Morgan fingerprint density at radius 3 is 2.83 bits per heavy atom. The van der Waals surface area contributed by atoms with E-state index in [2.05, 4.69) is 15.0 Å². The fourth-order valence-electron chi connectivity index (χ4n) is 2.77. The summed E-state index contributed by atoms with van der Waals surface area (Å²) in [7, 11) is 0. The first-order valence-electron chi connectivity index (χ1n) is 7.42. The predicted molar refractivity (Wildman–Crippen MR) is 83.4 cm³/mol. The molecular formula is C17H12FN5O. The first kappa shape index (κ1) is 14.3. The minimum absolute atomic E-state index is 0.304. The van der Waals surface area contributed by atoms with Crippen LogP contribution in [0.4, 0.5) is 10.1 Å². The molecule has 1 aliphatic heterocycles. The number of benzene rings is 1. The highest BCUT2D eigenvalue weighted by molar-refractivity contribution is 5.54. The van der Waals surface area contributed by atoms with Gasteiger partial charge in [-0.15, -0.1) is 0 Å². The number of rotatable bonds is 2. The lowest BCUT2D eigenvalue weighted by Gasteiger charge is -2.27. The Kier molecular flexibility index (Phi) is 3.43.